The molecular formula is C14H17ClN4O4. The van der Waals surface area contributed by atoms with E-state index in [1.165, 1.54) is 20.1 Å². The summed E-state index contributed by atoms with van der Waals surface area (Å²) in [5.74, 6) is 3.21. The first kappa shape index (κ1) is 18.4. The summed E-state index contributed by atoms with van der Waals surface area (Å²) in [6, 6.07) is 4.74. The molecule has 1 aromatic carbocycles. The molecule has 23 heavy (non-hydrogen) atoms. The van der Waals surface area contributed by atoms with Crippen molar-refractivity contribution in [3.63, 3.8) is 0 Å². The third-order valence-electron chi connectivity index (χ3n) is 3.68. The Morgan fingerprint density at radius 1 is 1.39 bits per heavy atom. The summed E-state index contributed by atoms with van der Waals surface area (Å²) >= 11 is 0. The number of nitrogens with one attached hydrogen (secondary N) is 1. The number of carbonyl (C=O) groups is 3. The Bertz CT molecular complexity index is 661. The van der Waals surface area contributed by atoms with Crippen LogP contribution in [0.1, 0.15) is 25.0 Å². The second-order valence-electron chi connectivity index (χ2n) is 5.14. The fourth-order valence-electron chi connectivity index (χ4n) is 2.31. The second kappa shape index (κ2) is 6.66. The van der Waals surface area contributed by atoms with Gasteiger partial charge in [0.15, 0.2) is 0 Å². The van der Waals surface area contributed by atoms with Gasteiger partial charge in [-0.2, -0.15) is 5.10 Å². The molecule has 1 saturated heterocycles. The lowest BCUT2D eigenvalue weighted by Gasteiger charge is -2.23. The van der Waals surface area contributed by atoms with E-state index in [-0.39, 0.29) is 12.4 Å². The lowest BCUT2D eigenvalue weighted by molar-refractivity contribution is -0.147. The van der Waals surface area contributed by atoms with Crippen molar-refractivity contribution in [2.75, 3.05) is 0 Å². The highest BCUT2D eigenvalue weighted by Crippen LogP contribution is 2.30. The predicted molar refractivity (Wildman–Crippen MR) is 85.3 cm³/mol. The quantitative estimate of drug-likeness (QED) is 0.321. The molecule has 2 rings (SSSR count). The van der Waals surface area contributed by atoms with Crippen LogP contribution >= 0.6 is 12.4 Å². The van der Waals surface area contributed by atoms with Crippen LogP contribution in [0.15, 0.2) is 29.4 Å². The predicted octanol–water partition coefficient (Wildman–Crippen LogP) is 0.641. The van der Waals surface area contributed by atoms with Gasteiger partial charge in [-0.3, -0.25) is 4.79 Å². The zero-order valence-electron chi connectivity index (χ0n) is 12.5. The van der Waals surface area contributed by atoms with E-state index in [2.05, 4.69) is 10.4 Å². The van der Waals surface area contributed by atoms with E-state index in [0.717, 1.165) is 10.5 Å². The van der Waals surface area contributed by atoms with Crippen LogP contribution < -0.4 is 11.2 Å². The maximum Gasteiger partial charge on any atom is 0.326 e. The van der Waals surface area contributed by atoms with Crippen molar-refractivity contribution in [3.05, 3.63) is 35.4 Å². The van der Waals surface area contributed by atoms with E-state index < -0.39 is 29.5 Å². The number of carboxylic acid groups (broad SMARTS) is 1. The molecule has 9 heteroatoms. The smallest absolute Gasteiger partial charge is 0.326 e. The molecule has 1 fully saturated rings. The molecule has 1 aliphatic rings. The lowest BCUT2D eigenvalue weighted by Crippen LogP contribution is -2.45. The monoisotopic (exact) mass is 340 g/mol. The summed E-state index contributed by atoms with van der Waals surface area (Å²) in [6.45, 7) is 2.82. The minimum Gasteiger partial charge on any atom is -0.480 e. The molecule has 0 saturated carbocycles. The molecular weight excluding hydrogens is 324 g/mol. The summed E-state index contributed by atoms with van der Waals surface area (Å²) in [5.41, 5.74) is -0.0263. The molecule has 0 unspecified atom stereocenters. The number of hydrazone groups is 1. The van der Waals surface area contributed by atoms with Crippen LogP contribution in [0.3, 0.4) is 0 Å². The van der Waals surface area contributed by atoms with Crippen molar-refractivity contribution < 1.29 is 19.5 Å². The van der Waals surface area contributed by atoms with Gasteiger partial charge in [0.05, 0.1) is 6.21 Å². The van der Waals surface area contributed by atoms with Gasteiger partial charge in [-0.1, -0.05) is 24.3 Å². The number of hydrogen-bond acceptors (Lipinski definition) is 5. The fourth-order valence-corrected chi connectivity index (χ4v) is 2.31. The maximum atomic E-state index is 12.5. The van der Waals surface area contributed by atoms with Crippen molar-refractivity contribution in [3.8, 4) is 0 Å². The van der Waals surface area contributed by atoms with Gasteiger partial charge in [0.2, 0.25) is 0 Å². The molecule has 2 atom stereocenters. The molecule has 0 radical (unpaired) electrons. The van der Waals surface area contributed by atoms with Crippen molar-refractivity contribution in [2.24, 2.45) is 10.9 Å². The first-order valence-electron chi connectivity index (χ1n) is 6.53. The van der Waals surface area contributed by atoms with Crippen molar-refractivity contribution >= 4 is 36.5 Å². The molecule has 3 amide bonds. The number of carboxylic acids is 1. The van der Waals surface area contributed by atoms with Crippen LogP contribution in [0.4, 0.5) is 4.79 Å². The molecule has 1 aromatic rings. The molecule has 124 valence electrons. The average Bonchev–Trinajstić information content (AvgIpc) is 2.70. The van der Waals surface area contributed by atoms with Gasteiger partial charge >= 0.3 is 12.0 Å². The highest BCUT2D eigenvalue weighted by atomic mass is 35.5. The van der Waals surface area contributed by atoms with Gasteiger partial charge < -0.3 is 16.3 Å². The van der Waals surface area contributed by atoms with Gasteiger partial charge in [-0.05, 0) is 25.0 Å². The highest BCUT2D eigenvalue weighted by molar-refractivity contribution is 6.09. The maximum absolute atomic E-state index is 12.5. The summed E-state index contributed by atoms with van der Waals surface area (Å²) < 4.78 is 0. The summed E-state index contributed by atoms with van der Waals surface area (Å²) in [5, 5.41) is 15.0. The first-order valence-corrected chi connectivity index (χ1v) is 6.53. The van der Waals surface area contributed by atoms with E-state index in [0.29, 0.717) is 5.56 Å². The fraction of sp³-hybridized carbons (Fsp3) is 0.286. The number of urea groups is 1. The number of rotatable bonds is 4. The Hall–Kier alpha value is -2.61. The second-order valence-corrected chi connectivity index (χ2v) is 5.14. The van der Waals surface area contributed by atoms with E-state index in [9.17, 15) is 14.4 Å². The SMILES string of the molecule is C[C@@H](C(=O)O)N1C(=O)N[C@](C)(c2ccc(C=NN)cc2)C1=O.Cl. The van der Waals surface area contributed by atoms with E-state index >= 15 is 0 Å². The van der Waals surface area contributed by atoms with Crippen LogP contribution in [0.25, 0.3) is 0 Å². The Labute approximate surface area is 138 Å². The number of nitrogens with zero attached hydrogens (tertiary/aromatic N) is 2. The molecule has 1 aliphatic heterocycles. The number of benzene rings is 1. The number of amides is 3. The van der Waals surface area contributed by atoms with Crippen LogP contribution in [0, 0.1) is 0 Å². The third kappa shape index (κ3) is 3.11. The number of hydrogen-bond donors (Lipinski definition) is 3. The van der Waals surface area contributed by atoms with Crippen LogP contribution in [-0.4, -0.2) is 40.2 Å². The number of carbonyl (C=O) groups excluding carboxylic acids is 2. The molecule has 0 spiro atoms. The van der Waals surface area contributed by atoms with Gasteiger partial charge in [0.1, 0.15) is 11.6 Å². The highest BCUT2D eigenvalue weighted by Gasteiger charge is 2.51. The molecule has 0 aromatic heterocycles. The van der Waals surface area contributed by atoms with Crippen molar-refractivity contribution in [2.45, 2.75) is 25.4 Å². The van der Waals surface area contributed by atoms with Crippen molar-refractivity contribution in [1.82, 2.24) is 10.2 Å². The first-order chi connectivity index (χ1) is 10.3. The Morgan fingerprint density at radius 3 is 2.43 bits per heavy atom. The molecule has 8 nitrogen and oxygen atoms in total. The topological polar surface area (TPSA) is 125 Å². The van der Waals surface area contributed by atoms with E-state index in [1.807, 2.05) is 0 Å². The van der Waals surface area contributed by atoms with Crippen LogP contribution in [0.2, 0.25) is 0 Å². The largest absolute Gasteiger partial charge is 0.480 e. The zero-order chi connectivity index (χ0) is 16.5. The van der Waals surface area contributed by atoms with E-state index in [4.69, 9.17) is 10.9 Å². The van der Waals surface area contributed by atoms with Crippen LogP contribution in [0.5, 0.6) is 0 Å². The standard InChI is InChI=1S/C14H16N4O4.ClH/c1-8(11(19)20)18-12(21)14(2,17-13(18)22)10-5-3-9(4-6-10)7-16-15;/h3-8H,15H2,1-2H3,(H,17,22)(H,19,20);1H/t8-,14+;/m0./s1. The minimum absolute atomic E-state index is 0. The van der Waals surface area contributed by atoms with Gasteiger partial charge in [-0.15, -0.1) is 12.4 Å². The average molecular weight is 341 g/mol. The number of imide groups is 1. The van der Waals surface area contributed by atoms with Gasteiger partial charge in [0, 0.05) is 0 Å². The Balaban J connectivity index is 0.00000264. The minimum atomic E-state index is -1.31. The number of halogens is 1. The van der Waals surface area contributed by atoms with Crippen molar-refractivity contribution in [1.29, 1.82) is 0 Å². The lowest BCUT2D eigenvalue weighted by atomic mass is 9.91. The molecule has 1 heterocycles. The molecule has 0 bridgehead atoms. The summed E-state index contributed by atoms with van der Waals surface area (Å²) in [7, 11) is 0. The third-order valence-corrected chi connectivity index (χ3v) is 3.68. The number of nitrogens with two attached hydrogens (primary N) is 1. The molecule has 0 aliphatic carbocycles. The van der Waals surface area contributed by atoms with Crippen LogP contribution in [-0.2, 0) is 15.1 Å². The normalized spacial score (nSPS) is 21.9. The van der Waals surface area contributed by atoms with E-state index in [1.54, 1.807) is 24.3 Å². The van der Waals surface area contributed by atoms with Gasteiger partial charge in [-0.25, -0.2) is 14.5 Å². The summed E-state index contributed by atoms with van der Waals surface area (Å²) in [4.78, 5) is 36.3. The summed E-state index contributed by atoms with van der Waals surface area (Å²) in [6.07, 6.45) is 1.44. The molecule has 4 N–H and O–H groups in total. The Kier molecular flexibility index (Phi) is 5.34. The van der Waals surface area contributed by atoms with Gasteiger partial charge in [0.25, 0.3) is 5.91 Å². The zero-order valence-corrected chi connectivity index (χ0v) is 13.3. The number of aliphatic carboxylic acids is 1. The Morgan fingerprint density at radius 2 is 1.96 bits per heavy atom.